The number of hydrogen-bond acceptors (Lipinski definition) is 3. The van der Waals surface area contributed by atoms with E-state index in [9.17, 15) is 4.79 Å². The highest BCUT2D eigenvalue weighted by atomic mass is 35.5. The van der Waals surface area contributed by atoms with Crippen molar-refractivity contribution in [3.05, 3.63) is 33.3 Å². The van der Waals surface area contributed by atoms with E-state index in [0.717, 1.165) is 11.3 Å². The van der Waals surface area contributed by atoms with Crippen LogP contribution < -0.4 is 0 Å². The van der Waals surface area contributed by atoms with E-state index in [1.54, 1.807) is 23.9 Å². The molecule has 1 rings (SSSR count). The fourth-order valence-electron chi connectivity index (χ4n) is 1.09. The Kier molecular flexibility index (Phi) is 5.47. The smallest absolute Gasteiger partial charge is 0.153 e. The van der Waals surface area contributed by atoms with Crippen LogP contribution in [0.4, 0.5) is 0 Å². The summed E-state index contributed by atoms with van der Waals surface area (Å²) in [7, 11) is 0. The normalized spacial score (nSPS) is 10.3. The molecular formula is C10H10Cl2O2S. The van der Waals surface area contributed by atoms with E-state index in [4.69, 9.17) is 28.3 Å². The largest absolute Gasteiger partial charge is 0.396 e. The Morgan fingerprint density at radius 1 is 1.33 bits per heavy atom. The molecule has 0 aliphatic rings. The van der Waals surface area contributed by atoms with Crippen LogP contribution >= 0.6 is 35.0 Å². The molecule has 0 spiro atoms. The highest BCUT2D eigenvalue weighted by Gasteiger charge is 2.07. The molecule has 1 aromatic carbocycles. The molecule has 2 nitrogen and oxygen atoms in total. The summed E-state index contributed by atoms with van der Waals surface area (Å²) in [6.07, 6.45) is 0.648. The molecular weight excluding hydrogens is 255 g/mol. The van der Waals surface area contributed by atoms with E-state index in [1.807, 2.05) is 0 Å². The molecule has 1 aromatic rings. The summed E-state index contributed by atoms with van der Waals surface area (Å²) in [5, 5.41) is 9.36. The Hall–Kier alpha value is -0.220. The molecule has 82 valence electrons. The third-order valence-electron chi connectivity index (χ3n) is 1.76. The molecule has 0 heterocycles. The zero-order valence-electron chi connectivity index (χ0n) is 7.87. The first-order valence-corrected chi connectivity index (χ1v) is 6.21. The minimum atomic E-state index is 0.151. The summed E-state index contributed by atoms with van der Waals surface area (Å²) in [5.41, 5.74) is 1.28. The molecule has 15 heavy (non-hydrogen) atoms. The predicted octanol–water partition coefficient (Wildman–Crippen LogP) is 3.03. The van der Waals surface area contributed by atoms with Crippen molar-refractivity contribution in [1.29, 1.82) is 0 Å². The van der Waals surface area contributed by atoms with Gasteiger partial charge in [-0.05, 0) is 17.7 Å². The minimum absolute atomic E-state index is 0.151. The van der Waals surface area contributed by atoms with Gasteiger partial charge >= 0.3 is 0 Å². The Morgan fingerprint density at radius 2 is 1.93 bits per heavy atom. The Morgan fingerprint density at radius 3 is 2.40 bits per heavy atom. The van der Waals surface area contributed by atoms with Crippen molar-refractivity contribution < 1.29 is 9.90 Å². The van der Waals surface area contributed by atoms with Crippen molar-refractivity contribution in [2.75, 3.05) is 12.4 Å². The molecule has 0 bridgehead atoms. The lowest BCUT2D eigenvalue weighted by Gasteiger charge is -2.05. The van der Waals surface area contributed by atoms with Gasteiger partial charge in [-0.25, -0.2) is 0 Å². The number of carbonyl (C=O) groups excluding carboxylic acids is 1. The Balaban J connectivity index is 2.79. The maximum atomic E-state index is 10.6. The van der Waals surface area contributed by atoms with Gasteiger partial charge in [-0.1, -0.05) is 23.2 Å². The maximum Gasteiger partial charge on any atom is 0.153 e. The molecule has 5 heteroatoms. The van der Waals surface area contributed by atoms with E-state index in [1.165, 1.54) is 0 Å². The molecule has 0 atom stereocenters. The monoisotopic (exact) mass is 264 g/mol. The first kappa shape index (κ1) is 12.8. The van der Waals surface area contributed by atoms with Crippen LogP contribution in [0.1, 0.15) is 15.9 Å². The predicted molar refractivity (Wildman–Crippen MR) is 65.1 cm³/mol. The SMILES string of the molecule is O=Cc1c(Cl)cc(CSCCO)cc1Cl. The second-order valence-corrected chi connectivity index (χ2v) is 4.79. The third-order valence-corrected chi connectivity index (χ3v) is 3.40. The second-order valence-electron chi connectivity index (χ2n) is 2.87. The molecule has 0 aliphatic heterocycles. The summed E-state index contributed by atoms with van der Waals surface area (Å²) in [4.78, 5) is 10.6. The van der Waals surface area contributed by atoms with E-state index < -0.39 is 0 Å². The van der Waals surface area contributed by atoms with Gasteiger partial charge in [0.25, 0.3) is 0 Å². The second kappa shape index (κ2) is 6.38. The van der Waals surface area contributed by atoms with Gasteiger partial charge in [0.2, 0.25) is 0 Å². The lowest BCUT2D eigenvalue weighted by Crippen LogP contribution is -1.91. The third kappa shape index (κ3) is 3.68. The van der Waals surface area contributed by atoms with Crippen LogP contribution in [-0.2, 0) is 5.75 Å². The van der Waals surface area contributed by atoms with E-state index >= 15 is 0 Å². The van der Waals surface area contributed by atoms with Crippen LogP contribution in [0.3, 0.4) is 0 Å². The van der Waals surface area contributed by atoms with E-state index in [-0.39, 0.29) is 6.61 Å². The van der Waals surface area contributed by atoms with Crippen molar-refractivity contribution in [3.63, 3.8) is 0 Å². The van der Waals surface area contributed by atoms with Crippen LogP contribution in [0.2, 0.25) is 10.0 Å². The summed E-state index contributed by atoms with van der Waals surface area (Å²) >= 11 is 13.3. The van der Waals surface area contributed by atoms with Gasteiger partial charge < -0.3 is 5.11 Å². The Bertz CT molecular complexity index is 332. The van der Waals surface area contributed by atoms with Gasteiger partial charge in [-0.3, -0.25) is 4.79 Å². The quantitative estimate of drug-likeness (QED) is 0.656. The van der Waals surface area contributed by atoms with Gasteiger partial charge in [0.1, 0.15) is 0 Å². The number of aldehydes is 1. The summed E-state index contributed by atoms with van der Waals surface area (Å²) in [6, 6.07) is 3.45. The molecule has 0 saturated carbocycles. The van der Waals surface area contributed by atoms with Gasteiger partial charge in [0.15, 0.2) is 6.29 Å². The average Bonchev–Trinajstić information content (AvgIpc) is 2.18. The maximum absolute atomic E-state index is 10.6. The van der Waals surface area contributed by atoms with Crippen LogP contribution in [0, 0.1) is 0 Å². The lowest BCUT2D eigenvalue weighted by molar-refractivity contribution is 0.112. The molecule has 0 unspecified atom stereocenters. The number of thioether (sulfide) groups is 1. The fourth-order valence-corrected chi connectivity index (χ4v) is 2.38. The highest BCUT2D eigenvalue weighted by Crippen LogP contribution is 2.26. The molecule has 0 radical (unpaired) electrons. The molecule has 0 aromatic heterocycles. The molecule has 0 aliphatic carbocycles. The van der Waals surface area contributed by atoms with Crippen LogP contribution in [-0.4, -0.2) is 23.8 Å². The number of benzene rings is 1. The topological polar surface area (TPSA) is 37.3 Å². The number of aliphatic hydroxyl groups is 1. The standard InChI is InChI=1S/C10H10Cl2O2S/c11-9-3-7(6-15-2-1-13)4-10(12)8(9)5-14/h3-5,13H,1-2,6H2. The summed E-state index contributed by atoms with van der Waals surface area (Å²) < 4.78 is 0. The van der Waals surface area contributed by atoms with Crippen LogP contribution in [0.5, 0.6) is 0 Å². The highest BCUT2D eigenvalue weighted by molar-refractivity contribution is 7.98. The molecule has 1 N–H and O–H groups in total. The van der Waals surface area contributed by atoms with Crippen LogP contribution in [0.15, 0.2) is 12.1 Å². The zero-order chi connectivity index (χ0) is 11.3. The zero-order valence-corrected chi connectivity index (χ0v) is 10.2. The van der Waals surface area contributed by atoms with Crippen molar-refractivity contribution in [3.8, 4) is 0 Å². The van der Waals surface area contributed by atoms with Gasteiger partial charge in [-0.2, -0.15) is 11.8 Å². The molecule has 0 saturated heterocycles. The van der Waals surface area contributed by atoms with E-state index in [0.29, 0.717) is 27.6 Å². The summed E-state index contributed by atoms with van der Waals surface area (Å²) in [6.45, 7) is 0.151. The van der Waals surface area contributed by atoms with Crippen molar-refractivity contribution in [2.24, 2.45) is 0 Å². The van der Waals surface area contributed by atoms with Gasteiger partial charge in [-0.15, -0.1) is 0 Å². The van der Waals surface area contributed by atoms with Gasteiger partial charge in [0.05, 0.1) is 22.2 Å². The number of rotatable bonds is 5. The molecule has 0 fully saturated rings. The van der Waals surface area contributed by atoms with Crippen LogP contribution in [0.25, 0.3) is 0 Å². The Labute approximate surface area is 103 Å². The fraction of sp³-hybridized carbons (Fsp3) is 0.300. The van der Waals surface area contributed by atoms with Crippen molar-refractivity contribution in [1.82, 2.24) is 0 Å². The van der Waals surface area contributed by atoms with E-state index in [2.05, 4.69) is 0 Å². The molecule has 0 amide bonds. The number of halogens is 2. The number of carbonyl (C=O) groups is 1. The number of aliphatic hydroxyl groups excluding tert-OH is 1. The lowest BCUT2D eigenvalue weighted by atomic mass is 10.2. The van der Waals surface area contributed by atoms with Crippen molar-refractivity contribution >= 4 is 41.2 Å². The first-order valence-electron chi connectivity index (χ1n) is 4.30. The van der Waals surface area contributed by atoms with Gasteiger partial charge in [0, 0.05) is 11.5 Å². The number of hydrogen-bond donors (Lipinski definition) is 1. The summed E-state index contributed by atoms with van der Waals surface area (Å²) in [5.74, 6) is 1.39. The minimum Gasteiger partial charge on any atom is -0.396 e. The first-order chi connectivity index (χ1) is 7.19. The van der Waals surface area contributed by atoms with Crippen molar-refractivity contribution in [2.45, 2.75) is 5.75 Å². The average molecular weight is 265 g/mol.